The van der Waals surface area contributed by atoms with Gasteiger partial charge in [-0.3, -0.25) is 10.1 Å². The maximum Gasteiger partial charge on any atom is 0.257 e. The van der Waals surface area contributed by atoms with Gasteiger partial charge in [0.15, 0.2) is 16.6 Å². The van der Waals surface area contributed by atoms with Gasteiger partial charge in [-0.15, -0.1) is 17.9 Å². The van der Waals surface area contributed by atoms with E-state index in [1.54, 1.807) is 0 Å². The molecule has 154 valence electrons. The van der Waals surface area contributed by atoms with Gasteiger partial charge in [-0.25, -0.2) is 18.1 Å². The topological polar surface area (TPSA) is 107 Å². The van der Waals surface area contributed by atoms with Gasteiger partial charge in [-0.1, -0.05) is 12.1 Å². The molecule has 1 amide bonds. The minimum absolute atomic E-state index is 0.00260. The zero-order valence-corrected chi connectivity index (χ0v) is 17.3. The van der Waals surface area contributed by atoms with Crippen LogP contribution < -0.4 is 19.5 Å². The number of nitrogens with one attached hydrogen (secondary N) is 2. The second-order valence-corrected chi connectivity index (χ2v) is 8.85. The molecule has 1 aliphatic rings. The Morgan fingerprint density at radius 1 is 1.20 bits per heavy atom. The van der Waals surface area contributed by atoms with E-state index in [0.29, 0.717) is 22.3 Å². The van der Waals surface area contributed by atoms with E-state index in [-0.39, 0.29) is 23.8 Å². The van der Waals surface area contributed by atoms with E-state index in [2.05, 4.69) is 21.6 Å². The van der Waals surface area contributed by atoms with Crippen molar-refractivity contribution in [1.29, 1.82) is 0 Å². The average molecular weight is 444 g/mol. The molecular weight excluding hydrogens is 426 g/mol. The summed E-state index contributed by atoms with van der Waals surface area (Å²) in [6.07, 6.45) is 1.44. The quantitative estimate of drug-likeness (QED) is 0.543. The Hall–Kier alpha value is -3.21. The van der Waals surface area contributed by atoms with Gasteiger partial charge in [-0.2, -0.15) is 0 Å². The smallest absolute Gasteiger partial charge is 0.257 e. The highest BCUT2D eigenvalue weighted by Gasteiger charge is 2.18. The first kappa shape index (κ1) is 20.1. The molecule has 0 unspecified atom stereocenters. The molecule has 0 bridgehead atoms. The molecule has 8 nitrogen and oxygen atoms in total. The van der Waals surface area contributed by atoms with Crippen LogP contribution in [0.4, 0.5) is 5.13 Å². The summed E-state index contributed by atoms with van der Waals surface area (Å²) in [5, 5.41) is 4.91. The Kier molecular flexibility index (Phi) is 5.53. The summed E-state index contributed by atoms with van der Waals surface area (Å²) >= 11 is 1.26. The first-order valence-electron chi connectivity index (χ1n) is 8.84. The molecular formula is C20H17N3O5S2. The van der Waals surface area contributed by atoms with Crippen molar-refractivity contribution in [3.63, 3.8) is 0 Å². The number of ether oxygens (including phenoxy) is 2. The number of amides is 1. The number of anilines is 1. The number of aromatic nitrogens is 1. The number of hydrogen-bond acceptors (Lipinski definition) is 7. The molecule has 1 aromatic heterocycles. The lowest BCUT2D eigenvalue weighted by molar-refractivity contribution is 0.102. The van der Waals surface area contributed by atoms with Gasteiger partial charge in [0.1, 0.15) is 0 Å². The summed E-state index contributed by atoms with van der Waals surface area (Å²) in [6, 6.07) is 11.3. The highest BCUT2D eigenvalue weighted by atomic mass is 32.2. The summed E-state index contributed by atoms with van der Waals surface area (Å²) < 4.78 is 37.5. The van der Waals surface area contributed by atoms with Gasteiger partial charge in [-0.05, 0) is 36.4 Å². The fourth-order valence-corrected chi connectivity index (χ4v) is 4.50. The highest BCUT2D eigenvalue weighted by Crippen LogP contribution is 2.36. The number of sulfonamides is 1. The van der Waals surface area contributed by atoms with Crippen molar-refractivity contribution in [1.82, 2.24) is 9.71 Å². The van der Waals surface area contributed by atoms with Gasteiger partial charge >= 0.3 is 0 Å². The van der Waals surface area contributed by atoms with Crippen molar-refractivity contribution in [2.45, 2.75) is 4.90 Å². The van der Waals surface area contributed by atoms with Crippen LogP contribution in [0.2, 0.25) is 0 Å². The van der Waals surface area contributed by atoms with Gasteiger partial charge in [0, 0.05) is 23.1 Å². The third-order valence-corrected chi connectivity index (χ3v) is 6.40. The number of carbonyl (C=O) groups excluding carboxylic acids is 1. The molecule has 2 heterocycles. The Morgan fingerprint density at radius 3 is 2.87 bits per heavy atom. The fourth-order valence-electron chi connectivity index (χ4n) is 2.75. The summed E-state index contributed by atoms with van der Waals surface area (Å²) in [4.78, 5) is 17.0. The van der Waals surface area contributed by atoms with Crippen LogP contribution in [0.25, 0.3) is 11.3 Å². The third kappa shape index (κ3) is 4.20. The predicted octanol–water partition coefficient (Wildman–Crippen LogP) is 3.26. The van der Waals surface area contributed by atoms with E-state index in [1.807, 2.05) is 23.6 Å². The van der Waals surface area contributed by atoms with Gasteiger partial charge in [0.2, 0.25) is 16.8 Å². The van der Waals surface area contributed by atoms with Crippen molar-refractivity contribution in [2.75, 3.05) is 18.7 Å². The molecule has 0 aliphatic carbocycles. The summed E-state index contributed by atoms with van der Waals surface area (Å²) in [6.45, 7) is 3.77. The van der Waals surface area contributed by atoms with Crippen LogP contribution >= 0.6 is 11.3 Å². The summed E-state index contributed by atoms with van der Waals surface area (Å²) in [5.41, 5.74) is 1.72. The number of carbonyl (C=O) groups is 1. The van der Waals surface area contributed by atoms with Crippen molar-refractivity contribution >= 4 is 32.4 Å². The van der Waals surface area contributed by atoms with Crippen LogP contribution in [0.15, 0.2) is 65.4 Å². The fraction of sp³-hybridized carbons (Fsp3) is 0.100. The Labute approximate surface area is 177 Å². The molecule has 0 spiro atoms. The number of hydrogen-bond donors (Lipinski definition) is 2. The molecule has 30 heavy (non-hydrogen) atoms. The van der Waals surface area contributed by atoms with Crippen LogP contribution in [0.1, 0.15) is 10.4 Å². The molecule has 4 rings (SSSR count). The molecule has 0 saturated heterocycles. The number of nitrogens with zero attached hydrogens (tertiary/aromatic N) is 1. The molecule has 1 aliphatic heterocycles. The van der Waals surface area contributed by atoms with Gasteiger partial charge in [0.05, 0.1) is 10.6 Å². The number of benzene rings is 2. The summed E-state index contributed by atoms with van der Waals surface area (Å²) in [5.74, 6) is 0.872. The monoisotopic (exact) mass is 443 g/mol. The highest BCUT2D eigenvalue weighted by molar-refractivity contribution is 7.89. The minimum atomic E-state index is -3.72. The maximum absolute atomic E-state index is 12.6. The van der Waals surface area contributed by atoms with Crippen LogP contribution in [-0.4, -0.2) is 32.6 Å². The number of thiazole rings is 1. The number of rotatable bonds is 7. The van der Waals surface area contributed by atoms with E-state index < -0.39 is 15.9 Å². The Balaban J connectivity index is 1.50. The SMILES string of the molecule is C=CCNS(=O)(=O)c1cccc(C(=O)Nc2nc(-c3ccc4c(c3)OCO4)cs2)c1. The zero-order valence-electron chi connectivity index (χ0n) is 15.6. The van der Waals surface area contributed by atoms with E-state index in [4.69, 9.17) is 9.47 Å². The minimum Gasteiger partial charge on any atom is -0.454 e. The Bertz CT molecular complexity index is 1220. The standard InChI is InChI=1S/C20H17N3O5S2/c1-2-8-21-30(25,26)15-5-3-4-14(9-15)19(24)23-20-22-16(11-29-20)13-6-7-17-18(10-13)28-12-27-17/h2-7,9-11,21H,1,8,12H2,(H,22,23,24). The van der Waals surface area contributed by atoms with Crippen LogP contribution in [0.5, 0.6) is 11.5 Å². The third-order valence-electron chi connectivity index (χ3n) is 4.22. The van der Waals surface area contributed by atoms with Crippen molar-refractivity contribution in [3.8, 4) is 22.8 Å². The first-order valence-corrected chi connectivity index (χ1v) is 11.2. The van der Waals surface area contributed by atoms with Gasteiger partial charge in [0.25, 0.3) is 5.91 Å². The predicted molar refractivity (Wildman–Crippen MR) is 113 cm³/mol. The van der Waals surface area contributed by atoms with Crippen LogP contribution in [-0.2, 0) is 10.0 Å². The lowest BCUT2D eigenvalue weighted by Gasteiger charge is -2.07. The van der Waals surface area contributed by atoms with Gasteiger partial charge < -0.3 is 9.47 Å². The summed E-state index contributed by atoms with van der Waals surface area (Å²) in [7, 11) is -3.72. The molecule has 10 heteroatoms. The molecule has 0 radical (unpaired) electrons. The molecule has 0 fully saturated rings. The second-order valence-electron chi connectivity index (χ2n) is 6.23. The van der Waals surface area contributed by atoms with E-state index in [0.717, 1.165) is 5.56 Å². The second kappa shape index (κ2) is 8.27. The lowest BCUT2D eigenvalue weighted by atomic mass is 10.1. The molecule has 0 saturated carbocycles. The van der Waals surface area contributed by atoms with Crippen molar-refractivity contribution < 1.29 is 22.7 Å². The molecule has 2 aromatic carbocycles. The largest absolute Gasteiger partial charge is 0.454 e. The average Bonchev–Trinajstić information content (AvgIpc) is 3.41. The van der Waals surface area contributed by atoms with E-state index in [1.165, 1.54) is 41.7 Å². The lowest BCUT2D eigenvalue weighted by Crippen LogP contribution is -2.24. The first-order chi connectivity index (χ1) is 14.5. The van der Waals surface area contributed by atoms with Crippen molar-refractivity contribution in [3.05, 3.63) is 66.1 Å². The molecule has 3 aromatic rings. The van der Waals surface area contributed by atoms with E-state index in [9.17, 15) is 13.2 Å². The molecule has 2 N–H and O–H groups in total. The van der Waals surface area contributed by atoms with Crippen molar-refractivity contribution in [2.24, 2.45) is 0 Å². The van der Waals surface area contributed by atoms with E-state index >= 15 is 0 Å². The normalized spacial score (nSPS) is 12.5. The zero-order chi connectivity index (χ0) is 21.1. The number of fused-ring (bicyclic) bond motifs is 1. The molecule has 0 atom stereocenters. The van der Waals surface area contributed by atoms with Crippen LogP contribution in [0, 0.1) is 0 Å². The van der Waals surface area contributed by atoms with Crippen LogP contribution in [0.3, 0.4) is 0 Å². The Morgan fingerprint density at radius 2 is 2.03 bits per heavy atom. The maximum atomic E-state index is 12.6.